The monoisotopic (exact) mass is 263 g/mol. The SMILES string of the molecule is C=C1C[C@H](c2ccccc2)N(S(=O)C(C)(C)C)C1. The van der Waals surface area contributed by atoms with E-state index in [2.05, 4.69) is 23.0 Å². The van der Waals surface area contributed by atoms with Gasteiger partial charge in [-0.25, -0.2) is 8.51 Å². The van der Waals surface area contributed by atoms with Crippen LogP contribution in [0.4, 0.5) is 0 Å². The molecule has 1 aliphatic heterocycles. The van der Waals surface area contributed by atoms with Gasteiger partial charge in [0, 0.05) is 6.54 Å². The molecule has 2 atom stereocenters. The van der Waals surface area contributed by atoms with Gasteiger partial charge < -0.3 is 0 Å². The van der Waals surface area contributed by atoms with Gasteiger partial charge in [-0.05, 0) is 32.8 Å². The molecule has 1 aromatic carbocycles. The van der Waals surface area contributed by atoms with Crippen molar-refractivity contribution in [2.45, 2.75) is 38.0 Å². The highest BCUT2D eigenvalue weighted by molar-refractivity contribution is 7.84. The van der Waals surface area contributed by atoms with Gasteiger partial charge in [-0.3, -0.25) is 0 Å². The van der Waals surface area contributed by atoms with Crippen molar-refractivity contribution in [1.82, 2.24) is 4.31 Å². The fourth-order valence-corrected chi connectivity index (χ4v) is 3.69. The van der Waals surface area contributed by atoms with E-state index in [-0.39, 0.29) is 10.8 Å². The van der Waals surface area contributed by atoms with E-state index >= 15 is 0 Å². The Bertz CT molecular complexity index is 461. The molecule has 2 nitrogen and oxygen atoms in total. The minimum absolute atomic E-state index is 0.207. The summed E-state index contributed by atoms with van der Waals surface area (Å²) >= 11 is 0. The van der Waals surface area contributed by atoms with Crippen molar-refractivity contribution in [3.8, 4) is 0 Å². The summed E-state index contributed by atoms with van der Waals surface area (Å²) in [5.74, 6) is 0. The second-order valence-electron chi connectivity index (χ2n) is 5.82. The molecular weight excluding hydrogens is 242 g/mol. The molecule has 1 fully saturated rings. The third kappa shape index (κ3) is 2.73. The highest BCUT2D eigenvalue weighted by atomic mass is 32.2. The Labute approximate surface area is 112 Å². The van der Waals surface area contributed by atoms with E-state index in [1.807, 2.05) is 39.0 Å². The topological polar surface area (TPSA) is 20.3 Å². The molecule has 1 aromatic rings. The number of rotatable bonds is 2. The molecule has 0 radical (unpaired) electrons. The van der Waals surface area contributed by atoms with Crippen LogP contribution in [0.5, 0.6) is 0 Å². The Morgan fingerprint density at radius 2 is 1.89 bits per heavy atom. The zero-order valence-electron chi connectivity index (χ0n) is 11.3. The molecule has 18 heavy (non-hydrogen) atoms. The maximum Gasteiger partial charge on any atom is 0.101 e. The lowest BCUT2D eigenvalue weighted by Crippen LogP contribution is -2.37. The van der Waals surface area contributed by atoms with Gasteiger partial charge in [-0.2, -0.15) is 0 Å². The lowest BCUT2D eigenvalue weighted by Gasteiger charge is -2.30. The van der Waals surface area contributed by atoms with Crippen LogP contribution in [0.3, 0.4) is 0 Å². The Kier molecular flexibility index (Phi) is 3.74. The second kappa shape index (κ2) is 4.98. The van der Waals surface area contributed by atoms with Crippen molar-refractivity contribution < 1.29 is 4.21 Å². The second-order valence-corrected chi connectivity index (χ2v) is 8.01. The average molecular weight is 263 g/mol. The maximum absolute atomic E-state index is 12.6. The van der Waals surface area contributed by atoms with Crippen LogP contribution in [0.25, 0.3) is 0 Å². The summed E-state index contributed by atoms with van der Waals surface area (Å²) < 4.78 is 14.4. The fraction of sp³-hybridized carbons (Fsp3) is 0.467. The summed E-state index contributed by atoms with van der Waals surface area (Å²) in [7, 11) is -0.991. The molecular formula is C15H21NOS. The zero-order valence-corrected chi connectivity index (χ0v) is 12.2. The van der Waals surface area contributed by atoms with E-state index in [4.69, 9.17) is 0 Å². The van der Waals surface area contributed by atoms with Gasteiger partial charge in [-0.15, -0.1) is 0 Å². The molecule has 0 saturated carbocycles. The van der Waals surface area contributed by atoms with Crippen LogP contribution < -0.4 is 0 Å². The summed E-state index contributed by atoms with van der Waals surface area (Å²) in [5, 5.41) is 0. The lowest BCUT2D eigenvalue weighted by molar-refractivity contribution is 0.416. The first-order valence-electron chi connectivity index (χ1n) is 6.30. The predicted octanol–water partition coefficient (Wildman–Crippen LogP) is 3.45. The summed E-state index contributed by atoms with van der Waals surface area (Å²) in [6, 6.07) is 10.5. The molecule has 0 bridgehead atoms. The van der Waals surface area contributed by atoms with Crippen molar-refractivity contribution >= 4 is 11.0 Å². The molecule has 1 heterocycles. The normalized spacial score (nSPS) is 23.3. The van der Waals surface area contributed by atoms with Crippen molar-refractivity contribution in [2.75, 3.05) is 6.54 Å². The van der Waals surface area contributed by atoms with E-state index in [1.54, 1.807) is 0 Å². The number of nitrogens with zero attached hydrogens (tertiary/aromatic N) is 1. The highest BCUT2D eigenvalue weighted by Gasteiger charge is 2.36. The van der Waals surface area contributed by atoms with E-state index in [0.717, 1.165) is 13.0 Å². The van der Waals surface area contributed by atoms with E-state index < -0.39 is 11.0 Å². The van der Waals surface area contributed by atoms with Gasteiger partial charge in [0.2, 0.25) is 0 Å². The quantitative estimate of drug-likeness (QED) is 0.748. The van der Waals surface area contributed by atoms with Gasteiger partial charge >= 0.3 is 0 Å². The Hall–Kier alpha value is -0.930. The van der Waals surface area contributed by atoms with Crippen LogP contribution >= 0.6 is 0 Å². The van der Waals surface area contributed by atoms with Gasteiger partial charge in [0.25, 0.3) is 0 Å². The zero-order chi connectivity index (χ0) is 13.3. The maximum atomic E-state index is 12.6. The molecule has 0 spiro atoms. The molecule has 1 unspecified atom stereocenters. The van der Waals surface area contributed by atoms with Crippen LogP contribution in [-0.4, -0.2) is 19.8 Å². The molecule has 2 rings (SSSR count). The van der Waals surface area contributed by atoms with Crippen molar-refractivity contribution in [3.05, 3.63) is 48.0 Å². The average Bonchev–Trinajstić information content (AvgIpc) is 2.70. The summed E-state index contributed by atoms with van der Waals surface area (Å²) in [4.78, 5) is 0. The van der Waals surface area contributed by atoms with Crippen LogP contribution in [0.2, 0.25) is 0 Å². The predicted molar refractivity (Wildman–Crippen MR) is 77.5 cm³/mol. The van der Waals surface area contributed by atoms with Crippen molar-refractivity contribution in [2.24, 2.45) is 0 Å². The van der Waals surface area contributed by atoms with E-state index in [9.17, 15) is 4.21 Å². The smallest absolute Gasteiger partial charge is 0.101 e. The van der Waals surface area contributed by atoms with Crippen LogP contribution in [0.15, 0.2) is 42.5 Å². The van der Waals surface area contributed by atoms with Gasteiger partial charge in [0.15, 0.2) is 0 Å². The molecule has 3 heteroatoms. The largest absolute Gasteiger partial charge is 0.242 e. The minimum Gasteiger partial charge on any atom is -0.242 e. The van der Waals surface area contributed by atoms with E-state index in [1.165, 1.54) is 11.1 Å². The third-order valence-electron chi connectivity index (χ3n) is 3.13. The Balaban J connectivity index is 2.29. The highest BCUT2D eigenvalue weighted by Crippen LogP contribution is 2.37. The molecule has 98 valence electrons. The molecule has 1 aliphatic rings. The molecule has 1 saturated heterocycles. The molecule has 0 aliphatic carbocycles. The van der Waals surface area contributed by atoms with Crippen LogP contribution in [0, 0.1) is 0 Å². The summed E-state index contributed by atoms with van der Waals surface area (Å²) in [5.41, 5.74) is 2.40. The van der Waals surface area contributed by atoms with Crippen LogP contribution in [-0.2, 0) is 11.0 Å². The molecule has 0 aromatic heterocycles. The molecule has 0 amide bonds. The summed E-state index contributed by atoms with van der Waals surface area (Å²) in [6.45, 7) is 10.9. The first-order chi connectivity index (χ1) is 8.39. The van der Waals surface area contributed by atoms with Crippen molar-refractivity contribution in [3.63, 3.8) is 0 Å². The van der Waals surface area contributed by atoms with E-state index in [0.29, 0.717) is 0 Å². The summed E-state index contributed by atoms with van der Waals surface area (Å²) in [6.07, 6.45) is 0.909. The Morgan fingerprint density at radius 3 is 2.44 bits per heavy atom. The van der Waals surface area contributed by atoms with Crippen molar-refractivity contribution in [1.29, 1.82) is 0 Å². The number of benzene rings is 1. The van der Waals surface area contributed by atoms with Gasteiger partial charge in [0.1, 0.15) is 11.0 Å². The number of hydrogen-bond acceptors (Lipinski definition) is 1. The first-order valence-corrected chi connectivity index (χ1v) is 7.40. The number of hydrogen-bond donors (Lipinski definition) is 0. The van der Waals surface area contributed by atoms with Gasteiger partial charge in [0.05, 0.1) is 10.8 Å². The Morgan fingerprint density at radius 1 is 1.28 bits per heavy atom. The first kappa shape index (κ1) is 13.5. The standard InChI is InChI=1S/C15H21NOS/c1-12-10-14(13-8-6-5-7-9-13)16(11-12)18(17)15(2,3)4/h5-9,14H,1,10-11H2,2-4H3/t14-,18?/m1/s1. The molecule has 0 N–H and O–H groups in total. The third-order valence-corrected chi connectivity index (χ3v) is 4.99. The van der Waals surface area contributed by atoms with Crippen LogP contribution in [0.1, 0.15) is 38.8 Å². The minimum atomic E-state index is -0.991. The lowest BCUT2D eigenvalue weighted by atomic mass is 10.0. The fourth-order valence-electron chi connectivity index (χ4n) is 2.26. The van der Waals surface area contributed by atoms with Gasteiger partial charge in [-0.1, -0.05) is 42.5 Å².